The zero-order valence-electron chi connectivity index (χ0n) is 11.5. The molecule has 0 unspecified atom stereocenters. The molecule has 0 saturated heterocycles. The van der Waals surface area contributed by atoms with Crippen molar-refractivity contribution in [3.63, 3.8) is 0 Å². The van der Waals surface area contributed by atoms with Crippen molar-refractivity contribution in [2.45, 2.75) is 6.92 Å². The van der Waals surface area contributed by atoms with Crippen molar-refractivity contribution >= 4 is 28.0 Å². The smallest absolute Gasteiger partial charge is 0.182 e. The summed E-state index contributed by atoms with van der Waals surface area (Å²) in [6.07, 6.45) is 3.43. The minimum atomic E-state index is 0.346. The van der Waals surface area contributed by atoms with Crippen LogP contribution < -0.4 is 5.73 Å². The van der Waals surface area contributed by atoms with Crippen LogP contribution in [0, 0.1) is 6.92 Å². The van der Waals surface area contributed by atoms with Gasteiger partial charge in [-0.15, -0.1) is 0 Å². The van der Waals surface area contributed by atoms with E-state index in [0.717, 1.165) is 10.9 Å². The third-order valence-corrected chi connectivity index (χ3v) is 3.36. The third-order valence-electron chi connectivity index (χ3n) is 3.36. The van der Waals surface area contributed by atoms with Crippen LogP contribution >= 0.6 is 0 Å². The summed E-state index contributed by atoms with van der Waals surface area (Å²) >= 11 is 0. The number of anilines is 1. The Morgan fingerprint density at radius 3 is 2.95 bits per heavy atom. The van der Waals surface area contributed by atoms with Crippen LogP contribution in [0.4, 0.5) is 5.82 Å². The van der Waals surface area contributed by atoms with Gasteiger partial charge in [0.05, 0.1) is 11.7 Å². The van der Waals surface area contributed by atoms with E-state index < -0.39 is 0 Å². The molecule has 4 aromatic heterocycles. The summed E-state index contributed by atoms with van der Waals surface area (Å²) in [7, 11) is 1.86. The van der Waals surface area contributed by atoms with Crippen LogP contribution in [0.25, 0.3) is 33.7 Å². The van der Waals surface area contributed by atoms with Gasteiger partial charge in [-0.25, -0.2) is 19.9 Å². The van der Waals surface area contributed by atoms with Gasteiger partial charge in [0.25, 0.3) is 0 Å². The number of nitrogens with one attached hydrogen (secondary N) is 1. The van der Waals surface area contributed by atoms with Crippen LogP contribution in [0.1, 0.15) is 5.56 Å². The molecule has 0 aliphatic carbocycles. The lowest BCUT2D eigenvalue weighted by molar-refractivity contribution is 0.928. The van der Waals surface area contributed by atoms with Crippen molar-refractivity contribution in [1.29, 1.82) is 0 Å². The topological polar surface area (TPSA) is 111 Å². The highest BCUT2D eigenvalue weighted by Gasteiger charge is 2.15. The molecule has 0 aliphatic heterocycles. The summed E-state index contributed by atoms with van der Waals surface area (Å²) in [6.45, 7) is 1.97. The summed E-state index contributed by atoms with van der Waals surface area (Å²) in [5.74, 6) is 0.831. The highest BCUT2D eigenvalue weighted by molar-refractivity contribution is 5.91. The monoisotopic (exact) mass is 280 g/mol. The van der Waals surface area contributed by atoms with Crippen molar-refractivity contribution in [3.8, 4) is 11.5 Å². The first-order valence-corrected chi connectivity index (χ1v) is 6.39. The predicted octanol–water partition coefficient (Wildman–Crippen LogP) is 1.19. The molecule has 0 atom stereocenters. The molecule has 0 bridgehead atoms. The molecule has 0 saturated carbocycles. The van der Waals surface area contributed by atoms with E-state index in [9.17, 15) is 0 Å². The molecule has 0 radical (unpaired) electrons. The maximum Gasteiger partial charge on any atom is 0.182 e. The minimum Gasteiger partial charge on any atom is -0.382 e. The number of fused-ring (bicyclic) bond motifs is 2. The highest BCUT2D eigenvalue weighted by Crippen LogP contribution is 2.26. The number of hydrogen-bond acceptors (Lipinski definition) is 6. The van der Waals surface area contributed by atoms with E-state index in [-0.39, 0.29) is 0 Å². The van der Waals surface area contributed by atoms with Crippen molar-refractivity contribution in [1.82, 2.24) is 34.7 Å². The van der Waals surface area contributed by atoms with Gasteiger partial charge in [-0.3, -0.25) is 5.10 Å². The molecule has 4 aromatic rings. The number of imidazole rings is 1. The van der Waals surface area contributed by atoms with Gasteiger partial charge >= 0.3 is 0 Å². The molecule has 0 spiro atoms. The molecule has 4 heterocycles. The van der Waals surface area contributed by atoms with Crippen LogP contribution in [-0.2, 0) is 7.05 Å². The van der Waals surface area contributed by atoms with Crippen LogP contribution in [0.15, 0.2) is 18.6 Å². The highest BCUT2D eigenvalue weighted by atomic mass is 15.2. The zero-order chi connectivity index (χ0) is 14.6. The molecular weight excluding hydrogens is 268 g/mol. The lowest BCUT2D eigenvalue weighted by Gasteiger charge is -2.02. The fourth-order valence-electron chi connectivity index (χ4n) is 2.32. The average Bonchev–Trinajstić information content (AvgIpc) is 3.03. The second-order valence-electron chi connectivity index (χ2n) is 4.94. The largest absolute Gasteiger partial charge is 0.382 e. The van der Waals surface area contributed by atoms with E-state index in [0.29, 0.717) is 34.1 Å². The third kappa shape index (κ3) is 1.65. The maximum atomic E-state index is 5.97. The summed E-state index contributed by atoms with van der Waals surface area (Å²) in [5, 5.41) is 7.99. The molecule has 21 heavy (non-hydrogen) atoms. The van der Waals surface area contributed by atoms with Crippen molar-refractivity contribution in [3.05, 3.63) is 24.2 Å². The van der Waals surface area contributed by atoms with Gasteiger partial charge in [0, 0.05) is 13.2 Å². The first-order chi connectivity index (χ1) is 10.1. The van der Waals surface area contributed by atoms with Gasteiger partial charge in [-0.1, -0.05) is 0 Å². The van der Waals surface area contributed by atoms with Gasteiger partial charge in [0.15, 0.2) is 22.9 Å². The van der Waals surface area contributed by atoms with Gasteiger partial charge in [0.1, 0.15) is 11.2 Å². The lowest BCUT2D eigenvalue weighted by atomic mass is 10.2. The molecule has 0 fully saturated rings. The number of nitrogens with two attached hydrogens (primary N) is 1. The zero-order valence-corrected chi connectivity index (χ0v) is 11.5. The number of rotatable bonds is 1. The van der Waals surface area contributed by atoms with Crippen molar-refractivity contribution in [2.75, 3.05) is 5.73 Å². The molecule has 104 valence electrons. The van der Waals surface area contributed by atoms with Crippen molar-refractivity contribution in [2.24, 2.45) is 7.05 Å². The second kappa shape index (κ2) is 3.98. The molecule has 0 aromatic carbocycles. The van der Waals surface area contributed by atoms with Crippen LogP contribution in [0.5, 0.6) is 0 Å². The number of aromatic nitrogens is 7. The van der Waals surface area contributed by atoms with E-state index in [1.165, 1.54) is 0 Å². The van der Waals surface area contributed by atoms with E-state index in [1.54, 1.807) is 17.1 Å². The van der Waals surface area contributed by atoms with Gasteiger partial charge < -0.3 is 10.3 Å². The molecule has 4 rings (SSSR count). The Morgan fingerprint density at radius 1 is 1.24 bits per heavy atom. The second-order valence-corrected chi connectivity index (χ2v) is 4.94. The SMILES string of the molecule is Cc1cnc2n[nH]c(-c3nc(N)c4ncn(C)c4n3)c2c1. The summed E-state index contributed by atoms with van der Waals surface area (Å²) in [6, 6.07) is 1.99. The first kappa shape index (κ1) is 11.8. The average molecular weight is 280 g/mol. The Labute approximate surface area is 119 Å². The molecular formula is C13H12N8. The standard InChI is InChI=1S/C13H12N8/c1-6-3-7-8(19-20-11(7)15-4-6)12-17-10(14)9-13(18-12)21(2)5-16-9/h3-5H,1-2H3,(H2,14,17,18)(H,15,19,20). The molecule has 8 heteroatoms. The quantitative estimate of drug-likeness (QED) is 0.541. The summed E-state index contributed by atoms with van der Waals surface area (Å²) in [5.41, 5.74) is 9.63. The summed E-state index contributed by atoms with van der Waals surface area (Å²) in [4.78, 5) is 17.3. The van der Waals surface area contributed by atoms with Gasteiger partial charge in [-0.2, -0.15) is 5.10 Å². The van der Waals surface area contributed by atoms with Crippen LogP contribution in [0.2, 0.25) is 0 Å². The summed E-state index contributed by atoms with van der Waals surface area (Å²) < 4.78 is 1.80. The van der Waals surface area contributed by atoms with Gasteiger partial charge in [0.2, 0.25) is 0 Å². The number of H-pyrrole nitrogens is 1. The van der Waals surface area contributed by atoms with Crippen molar-refractivity contribution < 1.29 is 0 Å². The van der Waals surface area contributed by atoms with Crippen LogP contribution in [0.3, 0.4) is 0 Å². The molecule has 3 N–H and O–H groups in total. The Balaban J connectivity index is 2.04. The molecule has 0 amide bonds. The fourth-order valence-corrected chi connectivity index (χ4v) is 2.32. The Bertz CT molecular complexity index is 981. The minimum absolute atomic E-state index is 0.346. The fraction of sp³-hybridized carbons (Fsp3) is 0.154. The van der Waals surface area contributed by atoms with E-state index >= 15 is 0 Å². The number of pyridine rings is 1. The number of nitrogen functional groups attached to an aromatic ring is 1. The lowest BCUT2D eigenvalue weighted by Crippen LogP contribution is -1.99. The van der Waals surface area contributed by atoms with Gasteiger partial charge in [-0.05, 0) is 18.6 Å². The number of aromatic amines is 1. The number of hydrogen-bond donors (Lipinski definition) is 2. The van der Waals surface area contributed by atoms with Crippen LogP contribution in [-0.4, -0.2) is 34.7 Å². The Hall–Kier alpha value is -3.03. The van der Waals surface area contributed by atoms with E-state index in [4.69, 9.17) is 5.73 Å². The van der Waals surface area contributed by atoms with E-state index in [1.807, 2.05) is 20.0 Å². The Kier molecular flexibility index (Phi) is 2.23. The number of nitrogens with zero attached hydrogens (tertiary/aromatic N) is 6. The number of aryl methyl sites for hydroxylation is 2. The first-order valence-electron chi connectivity index (χ1n) is 6.39. The Morgan fingerprint density at radius 2 is 2.10 bits per heavy atom. The molecule has 0 aliphatic rings. The maximum absolute atomic E-state index is 5.97. The van der Waals surface area contributed by atoms with E-state index in [2.05, 4.69) is 30.1 Å². The normalized spacial score (nSPS) is 11.5. The predicted molar refractivity (Wildman–Crippen MR) is 78.3 cm³/mol. The molecule has 8 nitrogen and oxygen atoms in total.